The lowest BCUT2D eigenvalue weighted by atomic mass is 10.2. The summed E-state index contributed by atoms with van der Waals surface area (Å²) in [5.74, 6) is -0.0105. The van der Waals surface area contributed by atoms with Gasteiger partial charge in [0.1, 0.15) is 5.58 Å². The standard InChI is InChI=1S/C20H18N4O2S/c1-3-12(2)23-24-20-22-15-11-14(8-9-18(15)27-20)21-19(25)17-10-13-6-4-5-7-16(13)26-17/h4-11H,3H2,1-2H3,(H,21,25)(H,22,24)/b23-12-. The lowest BCUT2D eigenvalue weighted by molar-refractivity contribution is 0.0998. The Morgan fingerprint density at radius 1 is 1.22 bits per heavy atom. The molecule has 4 aromatic rings. The van der Waals surface area contributed by atoms with Crippen LogP contribution in [-0.4, -0.2) is 16.6 Å². The second kappa shape index (κ2) is 7.20. The molecule has 0 atom stereocenters. The minimum Gasteiger partial charge on any atom is -0.451 e. The normalized spacial score (nSPS) is 11.9. The molecule has 136 valence electrons. The predicted octanol–water partition coefficient (Wildman–Crippen LogP) is 5.49. The molecule has 0 saturated carbocycles. The Balaban J connectivity index is 1.53. The van der Waals surface area contributed by atoms with E-state index < -0.39 is 0 Å². The minimum atomic E-state index is -0.290. The molecule has 0 aliphatic rings. The third-order valence-corrected chi connectivity index (χ3v) is 5.09. The van der Waals surface area contributed by atoms with Crippen LogP contribution in [0.5, 0.6) is 0 Å². The summed E-state index contributed by atoms with van der Waals surface area (Å²) < 4.78 is 6.63. The molecule has 7 heteroatoms. The Labute approximate surface area is 159 Å². The predicted molar refractivity (Wildman–Crippen MR) is 111 cm³/mol. The third kappa shape index (κ3) is 3.68. The first-order valence-electron chi connectivity index (χ1n) is 8.62. The first-order valence-corrected chi connectivity index (χ1v) is 9.43. The number of hydrogen-bond acceptors (Lipinski definition) is 6. The highest BCUT2D eigenvalue weighted by molar-refractivity contribution is 7.22. The highest BCUT2D eigenvalue weighted by Gasteiger charge is 2.13. The van der Waals surface area contributed by atoms with E-state index in [1.54, 1.807) is 6.07 Å². The van der Waals surface area contributed by atoms with Crippen LogP contribution in [0.15, 0.2) is 58.0 Å². The van der Waals surface area contributed by atoms with Crippen LogP contribution in [0.25, 0.3) is 21.2 Å². The quantitative estimate of drug-likeness (QED) is 0.355. The van der Waals surface area contributed by atoms with Crippen LogP contribution in [0.2, 0.25) is 0 Å². The van der Waals surface area contributed by atoms with Gasteiger partial charge in [-0.3, -0.25) is 10.2 Å². The molecular formula is C20H18N4O2S. The maximum absolute atomic E-state index is 12.5. The lowest BCUT2D eigenvalue weighted by Crippen LogP contribution is -2.10. The first kappa shape index (κ1) is 17.2. The Kier molecular flexibility index (Phi) is 4.60. The number of carbonyl (C=O) groups is 1. The number of carbonyl (C=O) groups excluding carboxylic acids is 1. The van der Waals surface area contributed by atoms with Crippen molar-refractivity contribution < 1.29 is 9.21 Å². The van der Waals surface area contributed by atoms with Crippen molar-refractivity contribution >= 4 is 55.0 Å². The van der Waals surface area contributed by atoms with Gasteiger partial charge in [0.15, 0.2) is 5.76 Å². The summed E-state index contributed by atoms with van der Waals surface area (Å²) in [6.45, 7) is 4.02. The molecule has 27 heavy (non-hydrogen) atoms. The van der Waals surface area contributed by atoms with Gasteiger partial charge in [0.05, 0.1) is 10.2 Å². The number of hydrogen-bond donors (Lipinski definition) is 2. The molecule has 0 spiro atoms. The van der Waals surface area contributed by atoms with Crippen LogP contribution in [0, 0.1) is 0 Å². The van der Waals surface area contributed by atoms with Crippen LogP contribution in [0.4, 0.5) is 10.8 Å². The van der Waals surface area contributed by atoms with E-state index in [-0.39, 0.29) is 11.7 Å². The Bertz CT molecular complexity index is 1130. The van der Waals surface area contributed by atoms with Gasteiger partial charge in [-0.05, 0) is 43.7 Å². The van der Waals surface area contributed by atoms with E-state index >= 15 is 0 Å². The number of fused-ring (bicyclic) bond motifs is 2. The molecule has 0 unspecified atom stereocenters. The zero-order chi connectivity index (χ0) is 18.8. The summed E-state index contributed by atoms with van der Waals surface area (Å²) >= 11 is 1.52. The first-order chi connectivity index (χ1) is 13.1. The number of aromatic nitrogens is 1. The molecule has 2 aromatic carbocycles. The number of rotatable bonds is 5. The van der Waals surface area contributed by atoms with Crippen LogP contribution in [0.1, 0.15) is 30.8 Å². The fourth-order valence-corrected chi connectivity index (χ4v) is 3.35. The average molecular weight is 378 g/mol. The molecule has 2 N–H and O–H groups in total. The van der Waals surface area contributed by atoms with Crippen LogP contribution in [-0.2, 0) is 0 Å². The van der Waals surface area contributed by atoms with E-state index in [2.05, 4.69) is 27.8 Å². The van der Waals surface area contributed by atoms with E-state index in [0.717, 1.165) is 32.9 Å². The van der Waals surface area contributed by atoms with Crippen molar-refractivity contribution in [1.82, 2.24) is 4.98 Å². The summed E-state index contributed by atoms with van der Waals surface area (Å²) in [6.07, 6.45) is 0.885. The van der Waals surface area contributed by atoms with E-state index in [1.165, 1.54) is 11.3 Å². The van der Waals surface area contributed by atoms with Crippen molar-refractivity contribution in [3.05, 3.63) is 54.3 Å². The molecule has 0 aliphatic carbocycles. The number of amides is 1. The fraction of sp³-hybridized carbons (Fsp3) is 0.150. The molecule has 0 bridgehead atoms. The molecule has 2 heterocycles. The van der Waals surface area contributed by atoms with Crippen molar-refractivity contribution in [2.45, 2.75) is 20.3 Å². The number of nitrogens with one attached hydrogen (secondary N) is 2. The Hall–Kier alpha value is -3.19. The molecule has 6 nitrogen and oxygen atoms in total. The maximum Gasteiger partial charge on any atom is 0.291 e. The van der Waals surface area contributed by atoms with Crippen LogP contribution in [0.3, 0.4) is 0 Å². The van der Waals surface area contributed by atoms with Crippen molar-refractivity contribution in [2.24, 2.45) is 5.10 Å². The van der Waals surface area contributed by atoms with Crippen molar-refractivity contribution in [2.75, 3.05) is 10.7 Å². The number of thiazole rings is 1. The third-order valence-electron chi connectivity index (χ3n) is 4.15. The highest BCUT2D eigenvalue weighted by Crippen LogP contribution is 2.28. The van der Waals surface area contributed by atoms with Crippen LogP contribution < -0.4 is 10.7 Å². The van der Waals surface area contributed by atoms with Gasteiger partial charge in [0.25, 0.3) is 5.91 Å². The van der Waals surface area contributed by atoms with Crippen molar-refractivity contribution in [1.29, 1.82) is 0 Å². The summed E-state index contributed by atoms with van der Waals surface area (Å²) in [7, 11) is 0. The van der Waals surface area contributed by atoms with Gasteiger partial charge >= 0.3 is 0 Å². The van der Waals surface area contributed by atoms with Crippen molar-refractivity contribution in [3.8, 4) is 0 Å². The smallest absolute Gasteiger partial charge is 0.291 e. The number of nitrogens with zero attached hydrogens (tertiary/aromatic N) is 2. The molecule has 0 aliphatic heterocycles. The van der Waals surface area contributed by atoms with Gasteiger partial charge in [-0.15, -0.1) is 0 Å². The summed E-state index contributed by atoms with van der Waals surface area (Å²) in [4.78, 5) is 17.0. The largest absolute Gasteiger partial charge is 0.451 e. The van der Waals surface area contributed by atoms with Gasteiger partial charge in [-0.25, -0.2) is 4.98 Å². The molecule has 0 saturated heterocycles. The van der Waals surface area contributed by atoms with Gasteiger partial charge < -0.3 is 9.73 Å². The second-order valence-electron chi connectivity index (χ2n) is 6.12. The molecule has 1 amide bonds. The summed E-state index contributed by atoms with van der Waals surface area (Å²) in [5.41, 5.74) is 6.14. The lowest BCUT2D eigenvalue weighted by Gasteiger charge is -2.02. The number of furan rings is 1. The fourth-order valence-electron chi connectivity index (χ4n) is 2.56. The zero-order valence-corrected chi connectivity index (χ0v) is 15.8. The number of hydrazone groups is 1. The molecule has 0 radical (unpaired) electrons. The topological polar surface area (TPSA) is 79.5 Å². The summed E-state index contributed by atoms with van der Waals surface area (Å²) in [5, 5.41) is 8.76. The number of benzene rings is 2. The maximum atomic E-state index is 12.5. The van der Waals surface area contributed by atoms with Crippen molar-refractivity contribution in [3.63, 3.8) is 0 Å². The second-order valence-corrected chi connectivity index (χ2v) is 7.15. The highest BCUT2D eigenvalue weighted by atomic mass is 32.1. The summed E-state index contributed by atoms with van der Waals surface area (Å²) in [6, 6.07) is 14.9. The SMILES string of the molecule is CC/C(C)=N\Nc1nc2cc(NC(=O)c3cc4ccccc4o3)ccc2s1. The van der Waals surface area contributed by atoms with Crippen LogP contribution >= 0.6 is 11.3 Å². The molecule has 2 aromatic heterocycles. The monoisotopic (exact) mass is 378 g/mol. The van der Waals surface area contributed by atoms with Gasteiger partial charge in [-0.1, -0.05) is 36.5 Å². The van der Waals surface area contributed by atoms with E-state index in [4.69, 9.17) is 4.42 Å². The van der Waals surface area contributed by atoms with Gasteiger partial charge in [0, 0.05) is 16.8 Å². The van der Waals surface area contributed by atoms with E-state index in [0.29, 0.717) is 11.3 Å². The molecule has 0 fully saturated rings. The zero-order valence-electron chi connectivity index (χ0n) is 14.9. The molecular weight excluding hydrogens is 360 g/mol. The Morgan fingerprint density at radius 3 is 2.89 bits per heavy atom. The van der Waals surface area contributed by atoms with Gasteiger partial charge in [-0.2, -0.15) is 5.10 Å². The average Bonchev–Trinajstić information content (AvgIpc) is 3.29. The molecule has 4 rings (SSSR count). The Morgan fingerprint density at radius 2 is 2.07 bits per heavy atom. The van der Waals surface area contributed by atoms with E-state index in [9.17, 15) is 4.79 Å². The minimum absolute atomic E-state index is 0.279. The number of anilines is 2. The van der Waals surface area contributed by atoms with Gasteiger partial charge in [0.2, 0.25) is 5.13 Å². The number of para-hydroxylation sites is 1. The van der Waals surface area contributed by atoms with E-state index in [1.807, 2.05) is 49.4 Å².